The lowest BCUT2D eigenvalue weighted by Gasteiger charge is -2.31. The van der Waals surface area contributed by atoms with E-state index in [0.717, 1.165) is 37.1 Å². The second kappa shape index (κ2) is 10.9. The number of aromatic nitrogens is 2. The molecule has 9 heteroatoms. The van der Waals surface area contributed by atoms with Gasteiger partial charge >= 0.3 is 0 Å². The van der Waals surface area contributed by atoms with Gasteiger partial charge in [0.05, 0.1) is 11.1 Å². The predicted molar refractivity (Wildman–Crippen MR) is 131 cm³/mol. The molecule has 0 unspecified atom stereocenters. The van der Waals surface area contributed by atoms with Crippen LogP contribution >= 0.6 is 24.0 Å². The topological polar surface area (TPSA) is 74.5 Å². The molecule has 31 heavy (non-hydrogen) atoms. The molecule has 1 aromatic carbocycles. The van der Waals surface area contributed by atoms with Crippen molar-refractivity contribution in [2.75, 3.05) is 27.7 Å². The minimum Gasteiger partial charge on any atom is -0.355 e. The molecule has 7 nitrogen and oxygen atoms in total. The molecule has 1 amide bonds. The highest BCUT2D eigenvalue weighted by atomic mass is 127. The van der Waals surface area contributed by atoms with E-state index in [9.17, 15) is 9.18 Å². The molecule has 1 aliphatic carbocycles. The summed E-state index contributed by atoms with van der Waals surface area (Å²) in [7, 11) is 5.30. The summed E-state index contributed by atoms with van der Waals surface area (Å²) in [5, 5.41) is 6.52. The summed E-state index contributed by atoms with van der Waals surface area (Å²) in [6.45, 7) is 2.80. The van der Waals surface area contributed by atoms with Gasteiger partial charge in [0.25, 0.3) is 0 Å². The van der Waals surface area contributed by atoms with Crippen LogP contribution in [0.3, 0.4) is 0 Å². The van der Waals surface area contributed by atoms with Crippen LogP contribution in [0.15, 0.2) is 35.6 Å². The number of imidazole rings is 1. The maximum atomic E-state index is 14.6. The first-order chi connectivity index (χ1) is 14.4. The maximum absolute atomic E-state index is 14.6. The number of carbonyl (C=O) groups is 1. The average Bonchev–Trinajstić information content (AvgIpc) is 3.37. The average molecular weight is 542 g/mol. The van der Waals surface area contributed by atoms with E-state index in [-0.39, 0.29) is 41.1 Å². The number of hydrogen-bond donors (Lipinski definition) is 2. The van der Waals surface area contributed by atoms with E-state index in [2.05, 4.69) is 20.6 Å². The third-order valence-corrected chi connectivity index (χ3v) is 5.80. The van der Waals surface area contributed by atoms with Crippen molar-refractivity contribution in [3.63, 3.8) is 0 Å². The van der Waals surface area contributed by atoms with E-state index in [0.29, 0.717) is 24.7 Å². The maximum Gasteiger partial charge on any atom is 0.230 e. The van der Waals surface area contributed by atoms with Crippen LogP contribution in [0.4, 0.5) is 4.39 Å². The van der Waals surface area contributed by atoms with Crippen LogP contribution in [0.5, 0.6) is 0 Å². The van der Waals surface area contributed by atoms with E-state index in [4.69, 9.17) is 0 Å². The Bertz CT molecular complexity index is 920. The van der Waals surface area contributed by atoms with Crippen LogP contribution in [0, 0.1) is 18.2 Å². The number of amides is 1. The molecule has 1 heterocycles. The first-order valence-electron chi connectivity index (χ1n) is 10.3. The zero-order valence-corrected chi connectivity index (χ0v) is 20.9. The van der Waals surface area contributed by atoms with Crippen LogP contribution < -0.4 is 10.6 Å². The first kappa shape index (κ1) is 25.1. The van der Waals surface area contributed by atoms with Gasteiger partial charge in [0.15, 0.2) is 5.96 Å². The number of nitrogens with one attached hydrogen (secondary N) is 2. The van der Waals surface area contributed by atoms with Crippen LogP contribution in [0.25, 0.3) is 5.69 Å². The standard InChI is InChI=1S/C22H31FN6O.HI/c1-16-25-11-12-29(16)19-8-7-17(13-18(19)23)14-26-21(24-2)27-15-22(9-5-6-10-22)20(30)28(3)4;/h7-8,11-13H,5-6,9-10,14-15H2,1-4H3,(H2,24,26,27);1H. The minimum absolute atomic E-state index is 0. The lowest BCUT2D eigenvalue weighted by molar-refractivity contribution is -0.138. The molecule has 0 bridgehead atoms. The molecule has 0 saturated heterocycles. The summed E-state index contributed by atoms with van der Waals surface area (Å²) in [5.74, 6) is 1.19. The quantitative estimate of drug-likeness (QED) is 0.334. The summed E-state index contributed by atoms with van der Waals surface area (Å²) in [6, 6.07) is 5.15. The molecule has 2 N–H and O–H groups in total. The molecule has 0 aliphatic heterocycles. The van der Waals surface area contributed by atoms with Crippen LogP contribution in [-0.4, -0.2) is 54.0 Å². The molecule has 2 aromatic rings. The number of aryl methyl sites for hydroxylation is 1. The summed E-state index contributed by atoms with van der Waals surface area (Å²) >= 11 is 0. The van der Waals surface area contributed by atoms with Crippen molar-refractivity contribution in [2.24, 2.45) is 10.4 Å². The van der Waals surface area contributed by atoms with E-state index in [1.807, 2.05) is 13.0 Å². The van der Waals surface area contributed by atoms with Gasteiger partial charge in [-0.05, 0) is 37.5 Å². The van der Waals surface area contributed by atoms with Gasteiger partial charge in [0.2, 0.25) is 5.91 Å². The number of aliphatic imine (C=N–C) groups is 1. The number of nitrogens with zero attached hydrogens (tertiary/aromatic N) is 4. The Hall–Kier alpha value is -2.17. The van der Waals surface area contributed by atoms with Gasteiger partial charge in [0.1, 0.15) is 11.6 Å². The third kappa shape index (κ3) is 5.75. The van der Waals surface area contributed by atoms with Gasteiger partial charge in [-0.1, -0.05) is 18.9 Å². The highest BCUT2D eigenvalue weighted by Crippen LogP contribution is 2.38. The molecule has 1 aliphatic rings. The zero-order valence-electron chi connectivity index (χ0n) is 18.6. The first-order valence-corrected chi connectivity index (χ1v) is 10.3. The largest absolute Gasteiger partial charge is 0.355 e. The van der Waals surface area contributed by atoms with E-state index in [1.54, 1.807) is 49.1 Å². The molecular formula is C22H32FIN6O. The third-order valence-electron chi connectivity index (χ3n) is 5.80. The van der Waals surface area contributed by atoms with Crippen molar-refractivity contribution in [1.29, 1.82) is 0 Å². The summed E-state index contributed by atoms with van der Waals surface area (Å²) in [6.07, 6.45) is 7.29. The smallest absolute Gasteiger partial charge is 0.230 e. The number of carbonyl (C=O) groups excluding carboxylic acids is 1. The number of halogens is 2. The van der Waals surface area contributed by atoms with Gasteiger partial charge in [-0.15, -0.1) is 24.0 Å². The summed E-state index contributed by atoms with van der Waals surface area (Å²) in [4.78, 5) is 22.8. The molecule has 0 atom stereocenters. The van der Waals surface area contributed by atoms with Crippen LogP contribution in [0.2, 0.25) is 0 Å². The Morgan fingerprint density at radius 1 is 1.29 bits per heavy atom. The van der Waals surface area contributed by atoms with Crippen molar-refractivity contribution in [2.45, 2.75) is 39.2 Å². The number of benzene rings is 1. The molecule has 1 saturated carbocycles. The van der Waals surface area contributed by atoms with Crippen molar-refractivity contribution < 1.29 is 9.18 Å². The van der Waals surface area contributed by atoms with Crippen LogP contribution in [-0.2, 0) is 11.3 Å². The fraction of sp³-hybridized carbons (Fsp3) is 0.500. The Kier molecular flexibility index (Phi) is 8.84. The molecule has 170 valence electrons. The Morgan fingerprint density at radius 2 is 2.00 bits per heavy atom. The molecule has 0 spiro atoms. The molecule has 3 rings (SSSR count). The van der Waals surface area contributed by atoms with Gasteiger partial charge in [-0.3, -0.25) is 9.79 Å². The van der Waals surface area contributed by atoms with Gasteiger partial charge in [-0.2, -0.15) is 0 Å². The molecule has 1 fully saturated rings. The molecular weight excluding hydrogens is 510 g/mol. The monoisotopic (exact) mass is 542 g/mol. The minimum atomic E-state index is -0.377. The lowest BCUT2D eigenvalue weighted by Crippen LogP contribution is -2.49. The Balaban J connectivity index is 0.00000341. The van der Waals surface area contributed by atoms with Crippen molar-refractivity contribution >= 4 is 35.8 Å². The van der Waals surface area contributed by atoms with Crippen molar-refractivity contribution in [3.8, 4) is 5.69 Å². The molecule has 0 radical (unpaired) electrons. The normalized spacial score (nSPS) is 15.3. The number of rotatable bonds is 6. The number of hydrogen-bond acceptors (Lipinski definition) is 3. The van der Waals surface area contributed by atoms with E-state index < -0.39 is 0 Å². The van der Waals surface area contributed by atoms with Crippen molar-refractivity contribution in [1.82, 2.24) is 25.1 Å². The van der Waals surface area contributed by atoms with Crippen LogP contribution in [0.1, 0.15) is 37.1 Å². The van der Waals surface area contributed by atoms with Crippen molar-refractivity contribution in [3.05, 3.63) is 47.8 Å². The molecule has 1 aromatic heterocycles. The fourth-order valence-electron chi connectivity index (χ4n) is 4.14. The van der Waals surface area contributed by atoms with E-state index in [1.165, 1.54) is 6.07 Å². The predicted octanol–water partition coefficient (Wildman–Crippen LogP) is 3.25. The fourth-order valence-corrected chi connectivity index (χ4v) is 4.14. The SMILES string of the molecule is CN=C(NCc1ccc(-n2ccnc2C)c(F)c1)NCC1(C(=O)N(C)C)CCCC1.I. The zero-order chi connectivity index (χ0) is 21.7. The lowest BCUT2D eigenvalue weighted by atomic mass is 9.84. The summed E-state index contributed by atoms with van der Waals surface area (Å²) in [5.41, 5.74) is 0.899. The second-order valence-corrected chi connectivity index (χ2v) is 8.10. The van der Waals surface area contributed by atoms with E-state index >= 15 is 0 Å². The highest BCUT2D eigenvalue weighted by Gasteiger charge is 2.42. The Labute approximate surface area is 200 Å². The highest BCUT2D eigenvalue weighted by molar-refractivity contribution is 14.0. The Morgan fingerprint density at radius 3 is 2.55 bits per heavy atom. The summed E-state index contributed by atoms with van der Waals surface area (Å²) < 4.78 is 16.3. The second-order valence-electron chi connectivity index (χ2n) is 8.10. The number of guanidine groups is 1. The van der Waals surface area contributed by atoms with Gasteiger partial charge < -0.3 is 20.1 Å². The van der Waals surface area contributed by atoms with Gasteiger partial charge in [-0.25, -0.2) is 9.37 Å². The van der Waals surface area contributed by atoms with Gasteiger partial charge in [0, 0.05) is 46.6 Å².